The summed E-state index contributed by atoms with van der Waals surface area (Å²) in [7, 11) is 0. The van der Waals surface area contributed by atoms with Crippen molar-refractivity contribution in [2.24, 2.45) is 5.92 Å². The lowest BCUT2D eigenvalue weighted by Gasteiger charge is -2.35. The highest BCUT2D eigenvalue weighted by Crippen LogP contribution is 2.36. The Balaban J connectivity index is 2.62. The summed E-state index contributed by atoms with van der Waals surface area (Å²) < 4.78 is 51.3. The van der Waals surface area contributed by atoms with E-state index in [1.807, 2.05) is 5.32 Å². The highest BCUT2D eigenvalue weighted by molar-refractivity contribution is 5.83. The minimum absolute atomic E-state index is 0.203. The van der Waals surface area contributed by atoms with Crippen molar-refractivity contribution in [2.75, 3.05) is 0 Å². The van der Waals surface area contributed by atoms with Crippen LogP contribution in [-0.2, 0) is 4.79 Å². The van der Waals surface area contributed by atoms with Crippen LogP contribution in [0.5, 0.6) is 0 Å². The van der Waals surface area contributed by atoms with E-state index in [9.17, 15) is 22.4 Å². The van der Waals surface area contributed by atoms with E-state index in [-0.39, 0.29) is 18.8 Å². The van der Waals surface area contributed by atoms with E-state index in [1.165, 1.54) is 0 Å². The van der Waals surface area contributed by atoms with E-state index in [0.29, 0.717) is 6.92 Å². The molecule has 0 spiro atoms. The third-order valence-electron chi connectivity index (χ3n) is 2.89. The topological polar surface area (TPSA) is 29.1 Å². The molecule has 0 aliphatic heterocycles. The van der Waals surface area contributed by atoms with E-state index in [1.54, 1.807) is 6.92 Å². The standard InChI is InChI=1S/C10H15F4NO/c1-6-3-4-10(13,14)5-7(6)15-8(16)9(2,11)12/h6-7H,3-5H2,1-2H3,(H,15,16)/t6?,7-/m0/s1. The van der Waals surface area contributed by atoms with Crippen LogP contribution in [-0.4, -0.2) is 23.8 Å². The molecule has 1 N–H and O–H groups in total. The van der Waals surface area contributed by atoms with Crippen molar-refractivity contribution in [2.45, 2.75) is 51.0 Å². The monoisotopic (exact) mass is 241 g/mol. The molecule has 1 amide bonds. The normalized spacial score (nSPS) is 29.9. The molecule has 1 saturated carbocycles. The number of carbonyl (C=O) groups excluding carboxylic acids is 1. The van der Waals surface area contributed by atoms with E-state index < -0.39 is 30.2 Å². The zero-order chi connectivity index (χ0) is 12.6. The maximum absolute atomic E-state index is 13.0. The Morgan fingerprint density at radius 2 is 2.00 bits per heavy atom. The third-order valence-corrected chi connectivity index (χ3v) is 2.89. The van der Waals surface area contributed by atoms with Gasteiger partial charge in [-0.25, -0.2) is 8.78 Å². The number of nitrogens with one attached hydrogen (secondary N) is 1. The maximum atomic E-state index is 13.0. The van der Waals surface area contributed by atoms with E-state index in [4.69, 9.17) is 0 Å². The molecule has 0 bridgehead atoms. The quantitative estimate of drug-likeness (QED) is 0.740. The Hall–Kier alpha value is -0.810. The Morgan fingerprint density at radius 3 is 2.50 bits per heavy atom. The summed E-state index contributed by atoms with van der Waals surface area (Å²) in [6, 6.07) is -0.873. The van der Waals surface area contributed by atoms with Crippen molar-refractivity contribution in [1.29, 1.82) is 0 Å². The van der Waals surface area contributed by atoms with Gasteiger partial charge < -0.3 is 5.32 Å². The smallest absolute Gasteiger partial charge is 0.321 e. The number of hydrogen-bond acceptors (Lipinski definition) is 1. The van der Waals surface area contributed by atoms with Crippen LogP contribution in [0.25, 0.3) is 0 Å². The van der Waals surface area contributed by atoms with Crippen molar-refractivity contribution in [3.05, 3.63) is 0 Å². The zero-order valence-corrected chi connectivity index (χ0v) is 9.20. The first kappa shape index (κ1) is 13.3. The molecule has 1 fully saturated rings. The van der Waals surface area contributed by atoms with Gasteiger partial charge in [0.25, 0.3) is 5.91 Å². The predicted molar refractivity (Wildman–Crippen MR) is 50.5 cm³/mol. The highest BCUT2D eigenvalue weighted by Gasteiger charge is 2.42. The fourth-order valence-electron chi connectivity index (χ4n) is 1.75. The number of alkyl halides is 4. The molecule has 1 unspecified atom stereocenters. The largest absolute Gasteiger partial charge is 0.348 e. The van der Waals surface area contributed by atoms with Crippen LogP contribution in [0.4, 0.5) is 17.6 Å². The molecule has 1 aliphatic rings. The Labute approximate surface area is 91.4 Å². The maximum Gasteiger partial charge on any atom is 0.321 e. The van der Waals surface area contributed by atoms with Crippen LogP contribution in [0.1, 0.15) is 33.1 Å². The van der Waals surface area contributed by atoms with Crippen molar-refractivity contribution in [3.63, 3.8) is 0 Å². The molecule has 0 heterocycles. The van der Waals surface area contributed by atoms with Crippen LogP contribution in [0.2, 0.25) is 0 Å². The lowest BCUT2D eigenvalue weighted by atomic mass is 9.83. The second-order valence-electron chi connectivity index (χ2n) is 4.54. The van der Waals surface area contributed by atoms with Gasteiger partial charge in [0.05, 0.1) is 0 Å². The van der Waals surface area contributed by atoms with E-state index in [2.05, 4.69) is 0 Å². The molecule has 6 heteroatoms. The Morgan fingerprint density at radius 1 is 1.44 bits per heavy atom. The van der Waals surface area contributed by atoms with Gasteiger partial charge in [0.15, 0.2) is 0 Å². The van der Waals surface area contributed by atoms with Crippen molar-refractivity contribution >= 4 is 5.91 Å². The number of rotatable bonds is 2. The number of hydrogen-bond donors (Lipinski definition) is 1. The lowest BCUT2D eigenvalue weighted by molar-refractivity contribution is -0.146. The average Bonchev–Trinajstić information content (AvgIpc) is 2.09. The predicted octanol–water partition coefficient (Wildman–Crippen LogP) is 2.58. The van der Waals surface area contributed by atoms with Gasteiger partial charge in [0.1, 0.15) is 0 Å². The highest BCUT2D eigenvalue weighted by atomic mass is 19.3. The first-order chi connectivity index (χ1) is 7.12. The summed E-state index contributed by atoms with van der Waals surface area (Å²) in [5, 5.41) is 2.00. The fraction of sp³-hybridized carbons (Fsp3) is 0.900. The number of carbonyl (C=O) groups is 1. The summed E-state index contributed by atoms with van der Waals surface area (Å²) in [5.41, 5.74) is 0. The molecule has 1 rings (SSSR count). The number of amides is 1. The first-order valence-corrected chi connectivity index (χ1v) is 5.18. The van der Waals surface area contributed by atoms with Crippen molar-refractivity contribution < 1.29 is 22.4 Å². The summed E-state index contributed by atoms with van der Waals surface area (Å²) in [5.74, 6) is -8.08. The average molecular weight is 241 g/mol. The third kappa shape index (κ3) is 3.35. The molecule has 0 radical (unpaired) electrons. The lowest BCUT2D eigenvalue weighted by Crippen LogP contribution is -2.50. The van der Waals surface area contributed by atoms with Gasteiger partial charge in [-0.2, -0.15) is 8.78 Å². The molecule has 16 heavy (non-hydrogen) atoms. The molecule has 0 saturated heterocycles. The van der Waals surface area contributed by atoms with Gasteiger partial charge in [0.2, 0.25) is 5.92 Å². The van der Waals surface area contributed by atoms with Gasteiger partial charge in [0, 0.05) is 25.8 Å². The molecular weight excluding hydrogens is 226 g/mol. The van der Waals surface area contributed by atoms with Crippen LogP contribution < -0.4 is 5.32 Å². The van der Waals surface area contributed by atoms with Gasteiger partial charge >= 0.3 is 5.92 Å². The fourth-order valence-corrected chi connectivity index (χ4v) is 1.75. The molecule has 94 valence electrons. The van der Waals surface area contributed by atoms with Crippen molar-refractivity contribution in [1.82, 2.24) is 5.32 Å². The summed E-state index contributed by atoms with van der Waals surface area (Å²) in [6.07, 6.45) is -0.577. The second-order valence-corrected chi connectivity index (χ2v) is 4.54. The molecule has 0 aromatic carbocycles. The minimum atomic E-state index is -3.52. The Kier molecular flexibility index (Phi) is 3.50. The summed E-state index contributed by atoms with van der Waals surface area (Å²) in [4.78, 5) is 11.0. The van der Waals surface area contributed by atoms with Gasteiger partial charge in [-0.3, -0.25) is 4.79 Å². The van der Waals surface area contributed by atoms with Crippen LogP contribution in [0, 0.1) is 5.92 Å². The first-order valence-electron chi connectivity index (χ1n) is 5.18. The van der Waals surface area contributed by atoms with Gasteiger partial charge in [-0.1, -0.05) is 6.92 Å². The van der Waals surface area contributed by atoms with E-state index in [0.717, 1.165) is 0 Å². The number of halogens is 4. The summed E-state index contributed by atoms with van der Waals surface area (Å²) >= 11 is 0. The zero-order valence-electron chi connectivity index (χ0n) is 9.20. The van der Waals surface area contributed by atoms with Crippen LogP contribution in [0.15, 0.2) is 0 Å². The van der Waals surface area contributed by atoms with Gasteiger partial charge in [-0.05, 0) is 12.3 Å². The van der Waals surface area contributed by atoms with Crippen LogP contribution in [0.3, 0.4) is 0 Å². The molecule has 0 aromatic heterocycles. The molecule has 2 nitrogen and oxygen atoms in total. The Bertz CT molecular complexity index is 274. The minimum Gasteiger partial charge on any atom is -0.348 e. The molecule has 0 aromatic rings. The molecule has 1 aliphatic carbocycles. The van der Waals surface area contributed by atoms with Gasteiger partial charge in [-0.15, -0.1) is 0 Å². The summed E-state index contributed by atoms with van der Waals surface area (Å²) in [6.45, 7) is 2.13. The SMILES string of the molecule is CC1CCC(F)(F)C[C@@H]1NC(=O)C(C)(F)F. The second kappa shape index (κ2) is 4.22. The molecule has 2 atom stereocenters. The van der Waals surface area contributed by atoms with Crippen LogP contribution >= 0.6 is 0 Å². The molecular formula is C10H15F4NO. The van der Waals surface area contributed by atoms with Crippen molar-refractivity contribution in [3.8, 4) is 0 Å². The van der Waals surface area contributed by atoms with E-state index >= 15 is 0 Å².